The van der Waals surface area contributed by atoms with Gasteiger partial charge in [0, 0.05) is 18.9 Å². The molecule has 0 bridgehead atoms. The van der Waals surface area contributed by atoms with E-state index in [1.165, 1.54) is 96.3 Å². The number of ether oxygens (including phenoxy) is 1. The van der Waals surface area contributed by atoms with Gasteiger partial charge in [0.15, 0.2) is 8.32 Å². The van der Waals surface area contributed by atoms with Crippen LogP contribution in [0.3, 0.4) is 0 Å². The fourth-order valence-corrected chi connectivity index (χ4v) is 6.17. The van der Waals surface area contributed by atoms with Crippen LogP contribution >= 0.6 is 0 Å². The van der Waals surface area contributed by atoms with Crippen LogP contribution in [0.25, 0.3) is 0 Å². The van der Waals surface area contributed by atoms with Crippen molar-refractivity contribution < 1.29 is 14.0 Å². The lowest BCUT2D eigenvalue weighted by Crippen LogP contribution is -2.49. The molecule has 4 heteroatoms. The van der Waals surface area contributed by atoms with Crippen molar-refractivity contribution in [3.8, 4) is 12.3 Å². The molecule has 0 unspecified atom stereocenters. The van der Waals surface area contributed by atoms with E-state index in [4.69, 9.17) is 15.6 Å². The number of terminal acetylenes is 1. The van der Waals surface area contributed by atoms with Crippen molar-refractivity contribution in [2.45, 2.75) is 174 Å². The van der Waals surface area contributed by atoms with Crippen molar-refractivity contribution in [2.75, 3.05) is 0 Å². The zero-order chi connectivity index (χ0) is 26.2. The summed E-state index contributed by atoms with van der Waals surface area (Å²) in [6.07, 6.45) is 28.6. The Balaban J connectivity index is 2.22. The molecule has 1 rings (SSSR count). The van der Waals surface area contributed by atoms with Crippen LogP contribution in [0.1, 0.15) is 143 Å². The molecule has 204 valence electrons. The minimum atomic E-state index is -1.87. The zero-order valence-corrected chi connectivity index (χ0v) is 25.3. The summed E-state index contributed by atoms with van der Waals surface area (Å²) in [5, 5.41) is 0.175. The first-order chi connectivity index (χ1) is 16.6. The Bertz CT molecular complexity index is 601. The van der Waals surface area contributed by atoms with Crippen LogP contribution in [-0.2, 0) is 14.0 Å². The Morgan fingerprint density at radius 2 is 1.34 bits per heavy atom. The first-order valence-electron chi connectivity index (χ1n) is 14.9. The summed E-state index contributed by atoms with van der Waals surface area (Å²) in [4.78, 5) is 11.8. The van der Waals surface area contributed by atoms with Gasteiger partial charge >= 0.3 is 5.97 Å². The quantitative estimate of drug-likeness (QED) is 0.0672. The third-order valence-electron chi connectivity index (χ3n) is 8.25. The molecule has 3 atom stereocenters. The highest BCUT2D eigenvalue weighted by Crippen LogP contribution is 2.39. The molecule has 0 aromatic carbocycles. The first kappa shape index (κ1) is 32.2. The Hall–Kier alpha value is -0.793. The molecule has 1 heterocycles. The van der Waals surface area contributed by atoms with Crippen molar-refractivity contribution in [1.29, 1.82) is 0 Å². The maximum Gasteiger partial charge on any atom is 0.313 e. The van der Waals surface area contributed by atoms with Crippen molar-refractivity contribution in [3.63, 3.8) is 0 Å². The van der Waals surface area contributed by atoms with E-state index in [2.05, 4.69) is 46.7 Å². The molecule has 0 aromatic heterocycles. The van der Waals surface area contributed by atoms with Crippen LogP contribution in [0, 0.1) is 18.3 Å². The number of carbonyl (C=O) groups is 1. The van der Waals surface area contributed by atoms with Crippen molar-refractivity contribution in [2.24, 2.45) is 5.92 Å². The number of rotatable bonds is 21. The predicted octanol–water partition coefficient (Wildman–Crippen LogP) is 9.59. The molecule has 1 aliphatic rings. The first-order valence-corrected chi connectivity index (χ1v) is 17.8. The van der Waals surface area contributed by atoms with E-state index in [1.54, 1.807) is 0 Å². The van der Waals surface area contributed by atoms with Crippen LogP contribution in [0.4, 0.5) is 0 Å². The second-order valence-electron chi connectivity index (χ2n) is 12.5. The lowest BCUT2D eigenvalue weighted by Gasteiger charge is -2.42. The van der Waals surface area contributed by atoms with E-state index in [0.29, 0.717) is 6.42 Å². The van der Waals surface area contributed by atoms with Gasteiger partial charge in [0.05, 0.1) is 0 Å². The standard InChI is InChI=1S/C31H58O3Si/c1-8-10-11-12-13-14-15-16-17-18-19-20-21-22-23-25-27(34-35(6,7)31(3,4)5)26-29-28(24-9-2)30(32)33-29/h2,27-29H,8,10-26H2,1,3-7H3/t27-,28+,29+/m0/s1. The van der Waals surface area contributed by atoms with E-state index < -0.39 is 8.32 Å². The fraction of sp³-hybridized carbons (Fsp3) is 0.903. The monoisotopic (exact) mass is 506 g/mol. The summed E-state index contributed by atoms with van der Waals surface area (Å²) in [6, 6.07) is 0. The van der Waals surface area contributed by atoms with Crippen LogP contribution in [0.15, 0.2) is 0 Å². The average Bonchev–Trinajstić information content (AvgIpc) is 2.78. The molecule has 0 aromatic rings. The molecule has 0 N–H and O–H groups in total. The summed E-state index contributed by atoms with van der Waals surface area (Å²) < 4.78 is 12.3. The van der Waals surface area contributed by atoms with Gasteiger partial charge in [-0.3, -0.25) is 4.79 Å². The van der Waals surface area contributed by atoms with Gasteiger partial charge in [-0.25, -0.2) is 0 Å². The van der Waals surface area contributed by atoms with Gasteiger partial charge in [-0.15, -0.1) is 12.3 Å². The molecule has 1 aliphatic heterocycles. The van der Waals surface area contributed by atoms with E-state index in [9.17, 15) is 4.79 Å². The number of cyclic esters (lactones) is 1. The maximum absolute atomic E-state index is 11.8. The molecular formula is C31H58O3Si. The summed E-state index contributed by atoms with van der Waals surface area (Å²) >= 11 is 0. The van der Waals surface area contributed by atoms with Gasteiger partial charge in [0.25, 0.3) is 0 Å². The summed E-state index contributed by atoms with van der Waals surface area (Å²) in [7, 11) is -1.87. The number of hydrogen-bond donors (Lipinski definition) is 0. The molecule has 0 saturated carbocycles. The van der Waals surface area contributed by atoms with Crippen LogP contribution in [0.2, 0.25) is 18.1 Å². The summed E-state index contributed by atoms with van der Waals surface area (Å²) in [5.41, 5.74) is 0. The summed E-state index contributed by atoms with van der Waals surface area (Å²) in [5.74, 6) is 2.38. The highest BCUT2D eigenvalue weighted by atomic mass is 28.4. The fourth-order valence-electron chi connectivity index (χ4n) is 4.77. The molecule has 0 radical (unpaired) electrons. The molecule has 0 spiro atoms. The molecule has 0 aliphatic carbocycles. The van der Waals surface area contributed by atoms with Crippen molar-refractivity contribution in [1.82, 2.24) is 0 Å². The van der Waals surface area contributed by atoms with Gasteiger partial charge in [0.2, 0.25) is 0 Å². The predicted molar refractivity (Wildman–Crippen MR) is 153 cm³/mol. The zero-order valence-electron chi connectivity index (χ0n) is 24.3. The minimum Gasteiger partial charge on any atom is -0.461 e. The Labute approximate surface area is 220 Å². The second kappa shape index (κ2) is 17.6. The van der Waals surface area contributed by atoms with Gasteiger partial charge in [-0.2, -0.15) is 0 Å². The number of unbranched alkanes of at least 4 members (excludes halogenated alkanes) is 14. The summed E-state index contributed by atoms with van der Waals surface area (Å²) in [6.45, 7) is 13.8. The van der Waals surface area contributed by atoms with Crippen LogP contribution in [-0.4, -0.2) is 26.5 Å². The Morgan fingerprint density at radius 3 is 1.74 bits per heavy atom. The van der Waals surface area contributed by atoms with E-state index in [1.807, 2.05) is 0 Å². The van der Waals surface area contributed by atoms with Gasteiger partial charge < -0.3 is 9.16 Å². The molecule has 1 fully saturated rings. The van der Waals surface area contributed by atoms with Crippen molar-refractivity contribution in [3.05, 3.63) is 0 Å². The smallest absolute Gasteiger partial charge is 0.313 e. The van der Waals surface area contributed by atoms with Gasteiger partial charge in [0.1, 0.15) is 12.0 Å². The second-order valence-corrected chi connectivity index (χ2v) is 17.2. The average molecular weight is 507 g/mol. The molecular weight excluding hydrogens is 448 g/mol. The van der Waals surface area contributed by atoms with Crippen LogP contribution in [0.5, 0.6) is 0 Å². The van der Waals surface area contributed by atoms with E-state index in [0.717, 1.165) is 12.8 Å². The van der Waals surface area contributed by atoms with E-state index >= 15 is 0 Å². The molecule has 1 saturated heterocycles. The largest absolute Gasteiger partial charge is 0.461 e. The van der Waals surface area contributed by atoms with Crippen molar-refractivity contribution >= 4 is 14.3 Å². The molecule has 3 nitrogen and oxygen atoms in total. The van der Waals surface area contributed by atoms with Crippen LogP contribution < -0.4 is 0 Å². The van der Waals surface area contributed by atoms with E-state index in [-0.39, 0.29) is 29.1 Å². The SMILES string of the molecule is C#CC[C@H]1C(=O)O[C@@H]1C[C@H](CCCCCCCCCCCCCCCCC)O[Si](C)(C)C(C)(C)C. The maximum atomic E-state index is 11.8. The number of hydrogen-bond acceptors (Lipinski definition) is 3. The topological polar surface area (TPSA) is 35.5 Å². The highest BCUT2D eigenvalue weighted by molar-refractivity contribution is 6.74. The highest BCUT2D eigenvalue weighted by Gasteiger charge is 2.45. The van der Waals surface area contributed by atoms with Gasteiger partial charge in [-0.05, 0) is 24.6 Å². The molecule has 0 amide bonds. The minimum absolute atomic E-state index is 0.0651. The number of carbonyl (C=O) groups excluding carboxylic acids is 1. The molecule has 35 heavy (non-hydrogen) atoms. The Morgan fingerprint density at radius 1 is 0.886 bits per heavy atom. The third kappa shape index (κ3) is 13.4. The number of esters is 1. The Kier molecular flexibility index (Phi) is 16.2. The lowest BCUT2D eigenvalue weighted by molar-refractivity contribution is -0.186. The lowest BCUT2D eigenvalue weighted by atomic mass is 9.88. The van der Waals surface area contributed by atoms with Gasteiger partial charge in [-0.1, -0.05) is 124 Å². The third-order valence-corrected chi connectivity index (χ3v) is 12.8. The normalized spacial score (nSPS) is 19.2.